The number of hydrogen-bond acceptors (Lipinski definition) is 3. The van der Waals surface area contributed by atoms with Gasteiger partial charge in [0.05, 0.1) is 6.04 Å². The van der Waals surface area contributed by atoms with Gasteiger partial charge in [0.1, 0.15) is 11.6 Å². The average molecular weight is 411 g/mol. The SMILES string of the molecule is CN(C(=O)C(NC(=O)OC(C)(C)C)C(C)(C)C)C(c1ccccc1)c1ccccc1. The normalized spacial score (nSPS) is 12.9. The third-order valence-electron chi connectivity index (χ3n) is 4.74. The maximum atomic E-state index is 13.6. The van der Waals surface area contributed by atoms with Crippen molar-refractivity contribution in [2.24, 2.45) is 5.41 Å². The Balaban J connectivity index is 2.38. The highest BCUT2D eigenvalue weighted by Crippen LogP contribution is 2.30. The second-order valence-corrected chi connectivity index (χ2v) is 9.62. The van der Waals surface area contributed by atoms with Gasteiger partial charge in [-0.15, -0.1) is 0 Å². The second kappa shape index (κ2) is 9.33. The molecule has 0 heterocycles. The van der Waals surface area contributed by atoms with Gasteiger partial charge in [-0.2, -0.15) is 0 Å². The molecule has 0 aliphatic heterocycles. The molecule has 2 rings (SSSR count). The van der Waals surface area contributed by atoms with Crippen LogP contribution in [0, 0.1) is 5.41 Å². The molecule has 0 saturated heterocycles. The fourth-order valence-corrected chi connectivity index (χ4v) is 3.32. The predicted octanol–water partition coefficient (Wildman–Crippen LogP) is 5.17. The van der Waals surface area contributed by atoms with E-state index in [-0.39, 0.29) is 11.9 Å². The van der Waals surface area contributed by atoms with Crippen LogP contribution in [0.3, 0.4) is 0 Å². The second-order valence-electron chi connectivity index (χ2n) is 9.62. The molecule has 1 N–H and O–H groups in total. The van der Waals surface area contributed by atoms with Crippen LogP contribution in [0.2, 0.25) is 0 Å². The van der Waals surface area contributed by atoms with Crippen LogP contribution in [-0.2, 0) is 9.53 Å². The number of alkyl carbamates (subject to hydrolysis) is 1. The molecule has 5 nitrogen and oxygen atoms in total. The standard InChI is InChI=1S/C25H34N2O3/c1-24(2,3)21(26-23(29)30-25(4,5)6)22(28)27(7)20(18-14-10-8-11-15-18)19-16-12-9-13-17-19/h8-17,20-21H,1-7H3,(H,26,29). The summed E-state index contributed by atoms with van der Waals surface area (Å²) in [6.45, 7) is 11.2. The maximum Gasteiger partial charge on any atom is 0.408 e. The Bertz CT molecular complexity index is 797. The summed E-state index contributed by atoms with van der Waals surface area (Å²) in [6.07, 6.45) is -0.597. The maximum absolute atomic E-state index is 13.6. The fraction of sp³-hybridized carbons (Fsp3) is 0.440. The Hall–Kier alpha value is -2.82. The summed E-state index contributed by atoms with van der Waals surface area (Å²) in [5.41, 5.74) is 0.868. The molecule has 5 heteroatoms. The van der Waals surface area contributed by atoms with Gasteiger partial charge in [-0.3, -0.25) is 4.79 Å². The molecule has 0 aliphatic carbocycles. The smallest absolute Gasteiger partial charge is 0.408 e. The van der Waals surface area contributed by atoms with Crippen LogP contribution in [0.1, 0.15) is 58.7 Å². The van der Waals surface area contributed by atoms with Crippen LogP contribution in [0.5, 0.6) is 0 Å². The van der Waals surface area contributed by atoms with Crippen molar-refractivity contribution in [2.45, 2.75) is 59.2 Å². The van der Waals surface area contributed by atoms with Gasteiger partial charge in [-0.25, -0.2) is 4.79 Å². The van der Waals surface area contributed by atoms with E-state index in [9.17, 15) is 9.59 Å². The molecule has 0 aliphatic rings. The minimum atomic E-state index is -0.743. The van der Waals surface area contributed by atoms with Crippen molar-refractivity contribution in [2.75, 3.05) is 7.05 Å². The van der Waals surface area contributed by atoms with E-state index >= 15 is 0 Å². The van der Waals surface area contributed by atoms with Gasteiger partial charge in [0.25, 0.3) is 0 Å². The summed E-state index contributed by atoms with van der Waals surface area (Å²) in [4.78, 5) is 27.8. The lowest BCUT2D eigenvalue weighted by Crippen LogP contribution is -2.55. The molecule has 0 spiro atoms. The molecule has 0 bridgehead atoms. The summed E-state index contributed by atoms with van der Waals surface area (Å²) in [6, 6.07) is 18.8. The first-order chi connectivity index (χ1) is 13.9. The molecule has 1 unspecified atom stereocenters. The number of nitrogens with zero attached hydrogens (tertiary/aromatic N) is 1. The number of carbonyl (C=O) groups is 2. The quantitative estimate of drug-likeness (QED) is 0.739. The van der Waals surface area contributed by atoms with Crippen molar-refractivity contribution in [3.8, 4) is 0 Å². The molecule has 2 aromatic carbocycles. The van der Waals surface area contributed by atoms with Gasteiger partial charge in [-0.1, -0.05) is 81.4 Å². The molecule has 30 heavy (non-hydrogen) atoms. The number of amides is 2. The van der Waals surface area contributed by atoms with E-state index in [1.165, 1.54) is 0 Å². The van der Waals surface area contributed by atoms with Crippen molar-refractivity contribution in [3.63, 3.8) is 0 Å². The zero-order valence-corrected chi connectivity index (χ0v) is 19.1. The number of nitrogens with one attached hydrogen (secondary N) is 1. The molecule has 0 radical (unpaired) electrons. The summed E-state index contributed by atoms with van der Waals surface area (Å²) >= 11 is 0. The Morgan fingerprint density at radius 2 is 1.27 bits per heavy atom. The molecule has 162 valence electrons. The van der Waals surface area contributed by atoms with Crippen LogP contribution in [-0.4, -0.2) is 35.6 Å². The number of ether oxygens (including phenoxy) is 1. The summed E-state index contributed by atoms with van der Waals surface area (Å²) in [5.74, 6) is -0.175. The van der Waals surface area contributed by atoms with Gasteiger partial charge in [0.2, 0.25) is 5.91 Å². The first-order valence-corrected chi connectivity index (χ1v) is 10.3. The topological polar surface area (TPSA) is 58.6 Å². The highest BCUT2D eigenvalue weighted by Gasteiger charge is 2.38. The van der Waals surface area contributed by atoms with Crippen molar-refractivity contribution >= 4 is 12.0 Å². The van der Waals surface area contributed by atoms with Gasteiger partial charge < -0.3 is 15.0 Å². The first kappa shape index (κ1) is 23.5. The number of benzene rings is 2. The van der Waals surface area contributed by atoms with E-state index in [2.05, 4.69) is 5.32 Å². The average Bonchev–Trinajstić information content (AvgIpc) is 2.65. The number of likely N-dealkylation sites (N-methyl/N-ethyl adjacent to an activating group) is 1. The lowest BCUT2D eigenvalue weighted by molar-refractivity contribution is -0.136. The molecular formula is C25H34N2O3. The van der Waals surface area contributed by atoms with E-state index in [0.717, 1.165) is 11.1 Å². The molecule has 1 atom stereocenters. The zero-order chi connectivity index (χ0) is 22.5. The van der Waals surface area contributed by atoms with E-state index in [1.807, 2.05) is 81.4 Å². The zero-order valence-electron chi connectivity index (χ0n) is 19.1. The lowest BCUT2D eigenvalue weighted by Gasteiger charge is -2.37. The van der Waals surface area contributed by atoms with Crippen LogP contribution in [0.25, 0.3) is 0 Å². The molecule has 0 saturated carbocycles. The van der Waals surface area contributed by atoms with E-state index in [0.29, 0.717) is 0 Å². The van der Waals surface area contributed by atoms with E-state index in [4.69, 9.17) is 4.74 Å². The predicted molar refractivity (Wildman–Crippen MR) is 120 cm³/mol. The van der Waals surface area contributed by atoms with Gasteiger partial charge in [0.15, 0.2) is 0 Å². The van der Waals surface area contributed by atoms with E-state index in [1.54, 1.807) is 32.7 Å². The fourth-order valence-electron chi connectivity index (χ4n) is 3.32. The summed E-state index contributed by atoms with van der Waals surface area (Å²) in [5, 5.41) is 2.80. The minimum Gasteiger partial charge on any atom is -0.444 e. The van der Waals surface area contributed by atoms with Crippen molar-refractivity contribution in [3.05, 3.63) is 71.8 Å². The first-order valence-electron chi connectivity index (χ1n) is 10.3. The number of rotatable bonds is 5. The van der Waals surface area contributed by atoms with Crippen LogP contribution in [0.4, 0.5) is 4.79 Å². The molecular weight excluding hydrogens is 376 g/mol. The Morgan fingerprint density at radius 3 is 1.63 bits per heavy atom. The Morgan fingerprint density at radius 1 is 0.833 bits per heavy atom. The third kappa shape index (κ3) is 6.34. The summed E-state index contributed by atoms with van der Waals surface area (Å²) in [7, 11) is 1.78. The molecule has 0 fully saturated rings. The van der Waals surface area contributed by atoms with Crippen LogP contribution in [0.15, 0.2) is 60.7 Å². The Kier molecular flexibility index (Phi) is 7.30. The number of hydrogen-bond donors (Lipinski definition) is 1. The lowest BCUT2D eigenvalue weighted by atomic mass is 9.85. The third-order valence-corrected chi connectivity index (χ3v) is 4.74. The van der Waals surface area contributed by atoms with Crippen LogP contribution >= 0.6 is 0 Å². The van der Waals surface area contributed by atoms with Crippen molar-refractivity contribution in [1.29, 1.82) is 0 Å². The molecule has 2 amide bonds. The Labute approximate surface area is 180 Å². The monoisotopic (exact) mass is 410 g/mol. The van der Waals surface area contributed by atoms with Crippen LogP contribution < -0.4 is 5.32 Å². The van der Waals surface area contributed by atoms with Gasteiger partial charge in [0, 0.05) is 7.05 Å². The van der Waals surface area contributed by atoms with E-state index < -0.39 is 23.2 Å². The largest absolute Gasteiger partial charge is 0.444 e. The summed E-state index contributed by atoms with van der Waals surface area (Å²) < 4.78 is 5.40. The highest BCUT2D eigenvalue weighted by atomic mass is 16.6. The highest BCUT2D eigenvalue weighted by molar-refractivity contribution is 5.87. The van der Waals surface area contributed by atoms with Gasteiger partial charge >= 0.3 is 6.09 Å². The molecule has 0 aromatic heterocycles. The minimum absolute atomic E-state index is 0.175. The number of carbonyl (C=O) groups excluding carboxylic acids is 2. The van der Waals surface area contributed by atoms with Gasteiger partial charge in [-0.05, 0) is 37.3 Å². The molecule has 2 aromatic rings. The van der Waals surface area contributed by atoms with Crippen molar-refractivity contribution in [1.82, 2.24) is 10.2 Å². The van der Waals surface area contributed by atoms with Crippen molar-refractivity contribution < 1.29 is 14.3 Å².